The first-order valence-electron chi connectivity index (χ1n) is 4.67. The zero-order valence-electron chi connectivity index (χ0n) is 8.99. The van der Waals surface area contributed by atoms with Crippen molar-refractivity contribution in [3.05, 3.63) is 36.4 Å². The molecule has 0 saturated carbocycles. The third-order valence-corrected chi connectivity index (χ3v) is 1.85. The number of carbonyl (C=O) groups is 1. The molecule has 1 aromatic rings. The number of benzene rings is 1. The predicted molar refractivity (Wildman–Crippen MR) is 60.4 cm³/mol. The fourth-order valence-electron chi connectivity index (χ4n) is 0.911. The van der Waals surface area contributed by atoms with Gasteiger partial charge in [-0.15, -0.1) is 0 Å². The normalized spacial score (nSPS) is 10.9. The number of rotatable bonds is 3. The van der Waals surface area contributed by atoms with Gasteiger partial charge in [-0.25, -0.2) is 4.79 Å². The molecule has 3 nitrogen and oxygen atoms in total. The summed E-state index contributed by atoms with van der Waals surface area (Å²) in [6.45, 7) is 6.84. The van der Waals surface area contributed by atoms with Gasteiger partial charge in [-0.3, -0.25) is 0 Å². The van der Waals surface area contributed by atoms with Crippen LogP contribution in [0.5, 0.6) is 5.75 Å². The Labute approximate surface area is 89.5 Å². The van der Waals surface area contributed by atoms with Crippen LogP contribution in [0.3, 0.4) is 0 Å². The molecule has 0 radical (unpaired) electrons. The van der Waals surface area contributed by atoms with Crippen LogP contribution in [0.15, 0.2) is 30.8 Å². The largest absolute Gasteiger partial charge is 0.425 e. The second-order valence-corrected chi connectivity index (χ2v) is 3.88. The summed E-state index contributed by atoms with van der Waals surface area (Å²) >= 11 is 0. The second kappa shape index (κ2) is 4.28. The van der Waals surface area contributed by atoms with Crippen LogP contribution in [0.4, 0.5) is 0 Å². The first-order chi connectivity index (χ1) is 6.93. The van der Waals surface area contributed by atoms with E-state index >= 15 is 0 Å². The molecule has 0 heterocycles. The molecule has 0 unspecified atom stereocenters. The maximum atomic E-state index is 11.4. The molecule has 0 bridgehead atoms. The van der Waals surface area contributed by atoms with Gasteiger partial charge in [-0.05, 0) is 31.5 Å². The lowest BCUT2D eigenvalue weighted by Crippen LogP contribution is -2.44. The SMILES string of the molecule is C=Cc1ccc(OC(=O)C(C)(C)N)cc1. The van der Waals surface area contributed by atoms with E-state index in [0.29, 0.717) is 5.75 Å². The number of carbonyl (C=O) groups excluding carboxylic acids is 1. The Morgan fingerprint density at radius 2 is 1.93 bits per heavy atom. The Bertz CT molecular complexity index is 360. The number of esters is 1. The van der Waals surface area contributed by atoms with Crippen LogP contribution in [0.25, 0.3) is 6.08 Å². The number of hydrogen-bond acceptors (Lipinski definition) is 3. The van der Waals surface area contributed by atoms with Gasteiger partial charge in [0.05, 0.1) is 0 Å². The Hall–Kier alpha value is -1.61. The molecule has 0 spiro atoms. The fraction of sp³-hybridized carbons (Fsp3) is 0.250. The van der Waals surface area contributed by atoms with E-state index in [2.05, 4.69) is 6.58 Å². The lowest BCUT2D eigenvalue weighted by molar-refractivity contribution is -0.139. The molecule has 2 N–H and O–H groups in total. The van der Waals surface area contributed by atoms with Crippen molar-refractivity contribution in [3.8, 4) is 5.75 Å². The molecule has 0 saturated heterocycles. The monoisotopic (exact) mass is 205 g/mol. The molecule has 1 rings (SSSR count). The molecule has 80 valence electrons. The molecule has 3 heteroatoms. The minimum atomic E-state index is -0.975. The van der Waals surface area contributed by atoms with Crippen molar-refractivity contribution in [2.75, 3.05) is 0 Å². The minimum Gasteiger partial charge on any atom is -0.425 e. The molecule has 0 atom stereocenters. The summed E-state index contributed by atoms with van der Waals surface area (Å²) in [6, 6.07) is 7.06. The van der Waals surface area contributed by atoms with Gasteiger partial charge in [0.1, 0.15) is 11.3 Å². The molecular formula is C12H15NO2. The standard InChI is InChI=1S/C12H15NO2/c1-4-9-5-7-10(8-6-9)15-11(14)12(2,3)13/h4-8H,1,13H2,2-3H3. The quantitative estimate of drug-likeness (QED) is 0.606. The summed E-state index contributed by atoms with van der Waals surface area (Å²) in [4.78, 5) is 11.4. The lowest BCUT2D eigenvalue weighted by atomic mass is 10.1. The molecule has 0 amide bonds. The van der Waals surface area contributed by atoms with Crippen molar-refractivity contribution in [1.82, 2.24) is 0 Å². The minimum absolute atomic E-state index is 0.450. The predicted octanol–water partition coefficient (Wildman–Crippen LogP) is 1.97. The Morgan fingerprint density at radius 1 is 1.40 bits per heavy atom. The zero-order valence-corrected chi connectivity index (χ0v) is 8.99. The highest BCUT2D eigenvalue weighted by molar-refractivity contribution is 5.81. The first kappa shape index (κ1) is 11.5. The van der Waals surface area contributed by atoms with E-state index < -0.39 is 11.5 Å². The van der Waals surface area contributed by atoms with Crippen molar-refractivity contribution >= 4 is 12.0 Å². The highest BCUT2D eigenvalue weighted by Gasteiger charge is 2.24. The lowest BCUT2D eigenvalue weighted by Gasteiger charge is -2.16. The molecule has 15 heavy (non-hydrogen) atoms. The van der Waals surface area contributed by atoms with E-state index in [4.69, 9.17) is 10.5 Å². The van der Waals surface area contributed by atoms with E-state index in [0.717, 1.165) is 5.56 Å². The van der Waals surface area contributed by atoms with Crippen molar-refractivity contribution in [1.29, 1.82) is 0 Å². The van der Waals surface area contributed by atoms with Crippen LogP contribution < -0.4 is 10.5 Å². The van der Waals surface area contributed by atoms with Crippen LogP contribution >= 0.6 is 0 Å². The first-order valence-corrected chi connectivity index (χ1v) is 4.67. The molecule has 0 aromatic heterocycles. The van der Waals surface area contributed by atoms with Crippen molar-refractivity contribution in [3.63, 3.8) is 0 Å². The van der Waals surface area contributed by atoms with Crippen molar-refractivity contribution < 1.29 is 9.53 Å². The van der Waals surface area contributed by atoms with Gasteiger partial charge in [-0.1, -0.05) is 24.8 Å². The third kappa shape index (κ3) is 3.22. The zero-order chi connectivity index (χ0) is 11.5. The van der Waals surface area contributed by atoms with E-state index in [1.165, 1.54) is 0 Å². The molecule has 0 aliphatic carbocycles. The van der Waals surface area contributed by atoms with E-state index in [-0.39, 0.29) is 0 Å². The summed E-state index contributed by atoms with van der Waals surface area (Å²) in [5.41, 5.74) is 5.59. The van der Waals surface area contributed by atoms with Crippen LogP contribution in [0.2, 0.25) is 0 Å². The Kier molecular flexibility index (Phi) is 3.27. The van der Waals surface area contributed by atoms with Gasteiger partial charge < -0.3 is 10.5 Å². The molecule has 0 aliphatic rings. The number of ether oxygens (including phenoxy) is 1. The summed E-state index contributed by atoms with van der Waals surface area (Å²) in [5.74, 6) is 0.0398. The fourth-order valence-corrected chi connectivity index (χ4v) is 0.911. The molecule has 0 aliphatic heterocycles. The van der Waals surface area contributed by atoms with Crippen LogP contribution in [0.1, 0.15) is 19.4 Å². The number of nitrogens with two attached hydrogens (primary N) is 1. The van der Waals surface area contributed by atoms with Gasteiger partial charge in [-0.2, -0.15) is 0 Å². The van der Waals surface area contributed by atoms with E-state index in [1.54, 1.807) is 32.1 Å². The second-order valence-electron chi connectivity index (χ2n) is 3.88. The summed E-state index contributed by atoms with van der Waals surface area (Å²) in [6.07, 6.45) is 1.72. The van der Waals surface area contributed by atoms with Crippen LogP contribution in [-0.2, 0) is 4.79 Å². The molecule has 1 aromatic carbocycles. The molecular weight excluding hydrogens is 190 g/mol. The van der Waals surface area contributed by atoms with Gasteiger partial charge >= 0.3 is 5.97 Å². The van der Waals surface area contributed by atoms with Crippen molar-refractivity contribution in [2.24, 2.45) is 5.73 Å². The topological polar surface area (TPSA) is 52.3 Å². The summed E-state index contributed by atoms with van der Waals surface area (Å²) in [5, 5.41) is 0. The van der Waals surface area contributed by atoms with Gasteiger partial charge in [0.2, 0.25) is 0 Å². The average Bonchev–Trinajstić information content (AvgIpc) is 2.17. The van der Waals surface area contributed by atoms with Gasteiger partial charge in [0.25, 0.3) is 0 Å². The van der Waals surface area contributed by atoms with Crippen molar-refractivity contribution in [2.45, 2.75) is 19.4 Å². The summed E-state index contributed by atoms with van der Waals surface area (Å²) < 4.78 is 5.08. The Balaban J connectivity index is 2.74. The smallest absolute Gasteiger partial charge is 0.330 e. The Morgan fingerprint density at radius 3 is 2.33 bits per heavy atom. The third-order valence-electron chi connectivity index (χ3n) is 1.85. The highest BCUT2D eigenvalue weighted by atomic mass is 16.5. The maximum Gasteiger partial charge on any atom is 0.330 e. The average molecular weight is 205 g/mol. The van der Waals surface area contributed by atoms with Gasteiger partial charge in [0, 0.05) is 0 Å². The van der Waals surface area contributed by atoms with Crippen LogP contribution in [-0.4, -0.2) is 11.5 Å². The van der Waals surface area contributed by atoms with Gasteiger partial charge in [0.15, 0.2) is 0 Å². The van der Waals surface area contributed by atoms with E-state index in [1.807, 2.05) is 12.1 Å². The number of hydrogen-bond donors (Lipinski definition) is 1. The maximum absolute atomic E-state index is 11.4. The highest BCUT2D eigenvalue weighted by Crippen LogP contribution is 2.14. The molecule has 0 fully saturated rings. The summed E-state index contributed by atoms with van der Waals surface area (Å²) in [7, 11) is 0. The van der Waals surface area contributed by atoms with E-state index in [9.17, 15) is 4.79 Å². The van der Waals surface area contributed by atoms with Crippen LogP contribution in [0, 0.1) is 0 Å².